The fourth-order valence-corrected chi connectivity index (χ4v) is 5.89. The molecule has 0 N–H and O–H groups in total. The molecule has 110 valence electrons. The summed E-state index contributed by atoms with van der Waals surface area (Å²) in [5, 5.41) is 0.446. The molecule has 0 aliphatic rings. The van der Waals surface area contributed by atoms with E-state index in [9.17, 15) is 8.42 Å². The van der Waals surface area contributed by atoms with E-state index >= 15 is 0 Å². The monoisotopic (exact) mass is 387 g/mol. The van der Waals surface area contributed by atoms with Crippen LogP contribution in [0.15, 0.2) is 14.1 Å². The van der Waals surface area contributed by atoms with Gasteiger partial charge in [0.15, 0.2) is 0 Å². The van der Waals surface area contributed by atoms with Gasteiger partial charge in [0.2, 0.25) is 0 Å². The maximum absolute atomic E-state index is 12.6. The van der Waals surface area contributed by atoms with E-state index in [-0.39, 0.29) is 0 Å². The molecule has 0 unspecified atom stereocenters. The largest absolute Gasteiger partial charge is 0.252 e. The van der Waals surface area contributed by atoms with Gasteiger partial charge in [-0.25, -0.2) is 8.42 Å². The molecule has 7 heteroatoms. The Kier molecular flexibility index (Phi) is 6.79. The molecule has 0 fully saturated rings. The van der Waals surface area contributed by atoms with Crippen molar-refractivity contribution in [2.45, 2.75) is 37.8 Å². The van der Waals surface area contributed by atoms with E-state index in [1.165, 1.54) is 6.07 Å². The predicted molar refractivity (Wildman–Crippen MR) is 85.5 cm³/mol. The van der Waals surface area contributed by atoms with Crippen molar-refractivity contribution in [1.29, 1.82) is 0 Å². The van der Waals surface area contributed by atoms with Crippen molar-refractivity contribution in [3.8, 4) is 0 Å². The minimum atomic E-state index is -3.43. The highest BCUT2D eigenvalue weighted by Crippen LogP contribution is 2.36. The third kappa shape index (κ3) is 4.17. The van der Waals surface area contributed by atoms with Gasteiger partial charge in [0.05, 0.1) is 8.81 Å². The molecule has 1 rings (SSSR count). The van der Waals surface area contributed by atoms with Gasteiger partial charge < -0.3 is 0 Å². The van der Waals surface area contributed by atoms with Gasteiger partial charge in [0.25, 0.3) is 10.0 Å². The zero-order chi connectivity index (χ0) is 14.6. The molecule has 0 aliphatic heterocycles. The van der Waals surface area contributed by atoms with Crippen LogP contribution in [0, 0.1) is 5.92 Å². The summed E-state index contributed by atoms with van der Waals surface area (Å²) in [5.41, 5.74) is 0. The molecule has 0 atom stereocenters. The van der Waals surface area contributed by atoms with Crippen LogP contribution in [0.1, 0.15) is 33.6 Å². The summed E-state index contributed by atoms with van der Waals surface area (Å²) < 4.78 is 27.6. The van der Waals surface area contributed by atoms with Crippen molar-refractivity contribution in [3.63, 3.8) is 0 Å². The smallest absolute Gasteiger partial charge is 0.206 e. The molecule has 1 aromatic rings. The van der Waals surface area contributed by atoms with Gasteiger partial charge >= 0.3 is 0 Å². The predicted octanol–water partition coefficient (Wildman–Crippen LogP) is 4.61. The van der Waals surface area contributed by atoms with Crippen LogP contribution in [0.5, 0.6) is 0 Å². The number of sulfonamides is 1. The minimum Gasteiger partial charge on any atom is -0.206 e. The normalized spacial score (nSPS) is 12.6. The molecule has 3 nitrogen and oxygen atoms in total. The molecule has 0 spiro atoms. The average Bonchev–Trinajstić information content (AvgIpc) is 2.71. The van der Waals surface area contributed by atoms with Crippen LogP contribution in [0.2, 0.25) is 5.02 Å². The van der Waals surface area contributed by atoms with Crippen molar-refractivity contribution >= 4 is 48.9 Å². The van der Waals surface area contributed by atoms with Crippen molar-refractivity contribution in [2.24, 2.45) is 5.92 Å². The van der Waals surface area contributed by atoms with E-state index in [0.29, 0.717) is 32.0 Å². The van der Waals surface area contributed by atoms with Crippen LogP contribution in [0.25, 0.3) is 0 Å². The van der Waals surface area contributed by atoms with Crippen LogP contribution in [0.3, 0.4) is 0 Å². The van der Waals surface area contributed by atoms with E-state index in [1.807, 2.05) is 6.92 Å². The Hall–Kier alpha value is 0.380. The molecule has 1 aromatic heterocycles. The molecule has 0 aliphatic carbocycles. The Labute approximate surface area is 133 Å². The highest BCUT2D eigenvalue weighted by Gasteiger charge is 2.27. The Morgan fingerprint density at radius 3 is 2.32 bits per heavy atom. The van der Waals surface area contributed by atoms with E-state index in [4.69, 9.17) is 11.6 Å². The molecule has 19 heavy (non-hydrogen) atoms. The van der Waals surface area contributed by atoms with Crippen molar-refractivity contribution < 1.29 is 8.42 Å². The number of nitrogens with zero attached hydrogens (tertiary/aromatic N) is 1. The molecule has 0 saturated heterocycles. The molecule has 0 amide bonds. The summed E-state index contributed by atoms with van der Waals surface area (Å²) >= 11 is 10.3. The second kappa shape index (κ2) is 7.41. The lowest BCUT2D eigenvalue weighted by atomic mass is 10.0. The first-order chi connectivity index (χ1) is 8.86. The number of hydrogen-bond acceptors (Lipinski definition) is 3. The molecule has 0 radical (unpaired) electrons. The zero-order valence-electron chi connectivity index (χ0n) is 11.3. The summed E-state index contributed by atoms with van der Waals surface area (Å²) in [7, 11) is -3.43. The quantitative estimate of drug-likeness (QED) is 0.684. The highest BCUT2D eigenvalue weighted by molar-refractivity contribution is 9.11. The first-order valence-electron chi connectivity index (χ1n) is 6.31. The van der Waals surface area contributed by atoms with Gasteiger partial charge in [0, 0.05) is 13.1 Å². The highest BCUT2D eigenvalue weighted by atomic mass is 79.9. The maximum atomic E-state index is 12.6. The standard InChI is InChI=1S/C12H19BrClNO2S2/c1-4-9(5-2)8-15(6-3)19(16,17)11-7-10(14)12(13)18-11/h7,9H,4-6,8H2,1-3H3. The van der Waals surface area contributed by atoms with Crippen molar-refractivity contribution in [2.75, 3.05) is 13.1 Å². The van der Waals surface area contributed by atoms with Gasteiger partial charge in [0.1, 0.15) is 4.21 Å². The van der Waals surface area contributed by atoms with E-state index in [2.05, 4.69) is 29.8 Å². The SMILES string of the molecule is CCC(CC)CN(CC)S(=O)(=O)c1cc(Cl)c(Br)s1. The lowest BCUT2D eigenvalue weighted by Gasteiger charge is -2.24. The molecule has 1 heterocycles. The molecular formula is C12H19BrClNO2S2. The molecule has 0 aromatic carbocycles. The maximum Gasteiger partial charge on any atom is 0.252 e. The van der Waals surface area contributed by atoms with Crippen LogP contribution < -0.4 is 0 Å². The summed E-state index contributed by atoms with van der Waals surface area (Å²) in [6.45, 7) is 7.09. The van der Waals surface area contributed by atoms with E-state index < -0.39 is 10.0 Å². The third-order valence-electron chi connectivity index (χ3n) is 3.19. The lowest BCUT2D eigenvalue weighted by Crippen LogP contribution is -2.34. The summed E-state index contributed by atoms with van der Waals surface area (Å²) in [4.78, 5) is 0. The topological polar surface area (TPSA) is 37.4 Å². The fraction of sp³-hybridized carbons (Fsp3) is 0.667. The van der Waals surface area contributed by atoms with Gasteiger partial charge in [-0.3, -0.25) is 0 Å². The van der Waals surface area contributed by atoms with E-state index in [1.54, 1.807) is 4.31 Å². The van der Waals surface area contributed by atoms with Gasteiger partial charge in [-0.05, 0) is 27.9 Å². The Morgan fingerprint density at radius 1 is 1.37 bits per heavy atom. The zero-order valence-corrected chi connectivity index (χ0v) is 15.3. The molecular weight excluding hydrogens is 370 g/mol. The Balaban J connectivity index is 3.02. The van der Waals surface area contributed by atoms with Gasteiger partial charge in [-0.2, -0.15) is 4.31 Å². The second-order valence-corrected chi connectivity index (χ2v) is 9.27. The fourth-order valence-electron chi connectivity index (χ4n) is 1.81. The van der Waals surface area contributed by atoms with E-state index in [0.717, 1.165) is 24.2 Å². The molecule has 0 bridgehead atoms. The number of rotatable bonds is 7. The summed E-state index contributed by atoms with van der Waals surface area (Å²) in [6, 6.07) is 1.52. The number of thiophene rings is 1. The minimum absolute atomic E-state index is 0.303. The first kappa shape index (κ1) is 17.4. The first-order valence-corrected chi connectivity index (χ1v) is 9.74. The lowest BCUT2D eigenvalue weighted by molar-refractivity contribution is 0.340. The third-order valence-corrected chi connectivity index (χ3v) is 8.05. The van der Waals surface area contributed by atoms with Crippen LogP contribution in [-0.2, 0) is 10.0 Å². The van der Waals surface area contributed by atoms with Crippen molar-refractivity contribution in [1.82, 2.24) is 4.31 Å². The number of halogens is 2. The van der Waals surface area contributed by atoms with Crippen LogP contribution in [0.4, 0.5) is 0 Å². The molecule has 0 saturated carbocycles. The summed E-state index contributed by atoms with van der Waals surface area (Å²) in [5.74, 6) is 0.397. The Morgan fingerprint density at radius 2 is 1.95 bits per heavy atom. The second-order valence-electron chi connectivity index (χ2n) is 4.33. The van der Waals surface area contributed by atoms with Gasteiger partial charge in [-0.15, -0.1) is 11.3 Å². The Bertz CT molecular complexity index is 492. The van der Waals surface area contributed by atoms with Crippen LogP contribution >= 0.6 is 38.9 Å². The van der Waals surface area contributed by atoms with Gasteiger partial charge in [-0.1, -0.05) is 45.2 Å². The van der Waals surface area contributed by atoms with Crippen LogP contribution in [-0.4, -0.2) is 25.8 Å². The number of hydrogen-bond donors (Lipinski definition) is 0. The summed E-state index contributed by atoms with van der Waals surface area (Å²) in [6.07, 6.45) is 1.97. The average molecular weight is 389 g/mol. The van der Waals surface area contributed by atoms with Crippen molar-refractivity contribution in [3.05, 3.63) is 14.9 Å².